The van der Waals surface area contributed by atoms with E-state index >= 15 is 4.39 Å². The minimum atomic E-state index is -4.22. The first-order chi connectivity index (χ1) is 14.8. The van der Waals surface area contributed by atoms with Crippen molar-refractivity contribution < 1.29 is 17.6 Å². The summed E-state index contributed by atoms with van der Waals surface area (Å²) in [6.45, 7) is 0.325. The SMILES string of the molecule is NS(=O)(=O)c1ccc2c(c1F)N(C(=O)C1Cc3ccc(-c4ccccn4)cc3C1)CC2. The number of fused-ring (bicyclic) bond motifs is 2. The summed E-state index contributed by atoms with van der Waals surface area (Å²) in [7, 11) is -4.22. The molecule has 158 valence electrons. The van der Waals surface area contributed by atoms with Crippen LogP contribution < -0.4 is 10.0 Å². The van der Waals surface area contributed by atoms with E-state index in [4.69, 9.17) is 5.14 Å². The topological polar surface area (TPSA) is 93.4 Å². The van der Waals surface area contributed by atoms with Gasteiger partial charge in [0.05, 0.1) is 11.4 Å². The number of primary sulfonamides is 1. The van der Waals surface area contributed by atoms with Crippen LogP contribution in [0.1, 0.15) is 16.7 Å². The van der Waals surface area contributed by atoms with Gasteiger partial charge in [-0.1, -0.05) is 24.3 Å². The van der Waals surface area contributed by atoms with Crippen LogP contribution in [0.15, 0.2) is 59.6 Å². The Kier molecular flexibility index (Phi) is 4.64. The van der Waals surface area contributed by atoms with Gasteiger partial charge in [-0.2, -0.15) is 0 Å². The second-order valence-electron chi connectivity index (χ2n) is 7.97. The quantitative estimate of drug-likeness (QED) is 0.682. The maximum atomic E-state index is 15.0. The third-order valence-corrected chi connectivity index (χ3v) is 6.99. The number of nitrogens with zero attached hydrogens (tertiary/aromatic N) is 2. The molecule has 1 amide bonds. The van der Waals surface area contributed by atoms with Gasteiger partial charge in [-0.05, 0) is 60.2 Å². The molecular formula is C23H20FN3O3S. The summed E-state index contributed by atoms with van der Waals surface area (Å²) in [6.07, 6.45) is 3.34. The maximum absolute atomic E-state index is 15.0. The van der Waals surface area contributed by atoms with Crippen molar-refractivity contribution in [3.8, 4) is 11.3 Å². The lowest BCUT2D eigenvalue weighted by Gasteiger charge is -2.22. The van der Waals surface area contributed by atoms with E-state index in [-0.39, 0.29) is 17.5 Å². The van der Waals surface area contributed by atoms with Crippen molar-refractivity contribution in [3.05, 3.63) is 77.2 Å². The second kappa shape index (κ2) is 7.25. The first-order valence-electron chi connectivity index (χ1n) is 10.0. The average molecular weight is 437 g/mol. The van der Waals surface area contributed by atoms with Crippen molar-refractivity contribution in [2.75, 3.05) is 11.4 Å². The van der Waals surface area contributed by atoms with Crippen LogP contribution in [0, 0.1) is 11.7 Å². The number of pyridine rings is 1. The summed E-state index contributed by atoms with van der Waals surface area (Å²) >= 11 is 0. The lowest BCUT2D eigenvalue weighted by atomic mass is 10.0. The Morgan fingerprint density at radius 1 is 1.06 bits per heavy atom. The Morgan fingerprint density at radius 2 is 1.84 bits per heavy atom. The van der Waals surface area contributed by atoms with Crippen LogP contribution in [0.3, 0.4) is 0 Å². The van der Waals surface area contributed by atoms with E-state index in [0.29, 0.717) is 31.4 Å². The van der Waals surface area contributed by atoms with Gasteiger partial charge in [-0.25, -0.2) is 17.9 Å². The zero-order valence-electron chi connectivity index (χ0n) is 16.6. The summed E-state index contributed by atoms with van der Waals surface area (Å²) in [5.41, 5.74) is 4.69. The minimum Gasteiger partial charge on any atom is -0.309 e. The van der Waals surface area contributed by atoms with Crippen LogP contribution in [-0.2, 0) is 34.1 Å². The molecule has 0 fully saturated rings. The summed E-state index contributed by atoms with van der Waals surface area (Å²) in [6, 6.07) is 14.5. The monoisotopic (exact) mass is 437 g/mol. The number of anilines is 1. The number of hydrogen-bond acceptors (Lipinski definition) is 4. The predicted octanol–water partition coefficient (Wildman–Crippen LogP) is 2.84. The fourth-order valence-electron chi connectivity index (χ4n) is 4.57. The number of carbonyl (C=O) groups excluding carboxylic acids is 1. The predicted molar refractivity (Wildman–Crippen MR) is 114 cm³/mol. The summed E-state index contributed by atoms with van der Waals surface area (Å²) in [5.74, 6) is -1.46. The van der Waals surface area contributed by atoms with Gasteiger partial charge >= 0.3 is 0 Å². The third-order valence-electron chi connectivity index (χ3n) is 6.06. The molecule has 0 radical (unpaired) electrons. The molecule has 1 atom stereocenters. The Hall–Kier alpha value is -3.10. The van der Waals surface area contributed by atoms with E-state index < -0.39 is 20.7 Å². The van der Waals surface area contributed by atoms with E-state index in [1.165, 1.54) is 17.0 Å². The van der Waals surface area contributed by atoms with Gasteiger partial charge < -0.3 is 4.90 Å². The maximum Gasteiger partial charge on any atom is 0.241 e. The van der Waals surface area contributed by atoms with Gasteiger partial charge in [0.2, 0.25) is 15.9 Å². The summed E-state index contributed by atoms with van der Waals surface area (Å²) in [5, 5.41) is 5.14. The molecule has 1 unspecified atom stereocenters. The summed E-state index contributed by atoms with van der Waals surface area (Å²) < 4.78 is 38.4. The van der Waals surface area contributed by atoms with Crippen LogP contribution in [0.2, 0.25) is 0 Å². The molecular weight excluding hydrogens is 417 g/mol. The van der Waals surface area contributed by atoms with Gasteiger partial charge in [0.1, 0.15) is 4.90 Å². The highest BCUT2D eigenvalue weighted by Gasteiger charge is 2.37. The smallest absolute Gasteiger partial charge is 0.241 e. The van der Waals surface area contributed by atoms with E-state index in [0.717, 1.165) is 22.4 Å². The van der Waals surface area contributed by atoms with Gasteiger partial charge in [0.25, 0.3) is 0 Å². The molecule has 3 aromatic rings. The molecule has 1 aromatic heterocycles. The van der Waals surface area contributed by atoms with Gasteiger partial charge in [0, 0.05) is 24.2 Å². The number of benzene rings is 2. The second-order valence-corrected chi connectivity index (χ2v) is 9.50. The molecule has 0 spiro atoms. The normalized spacial score (nSPS) is 17.5. The van der Waals surface area contributed by atoms with Crippen molar-refractivity contribution in [1.29, 1.82) is 0 Å². The Balaban J connectivity index is 1.43. The van der Waals surface area contributed by atoms with Crippen molar-refractivity contribution in [2.24, 2.45) is 11.1 Å². The van der Waals surface area contributed by atoms with Crippen LogP contribution in [0.5, 0.6) is 0 Å². The zero-order chi connectivity index (χ0) is 21.8. The molecule has 1 aliphatic heterocycles. The molecule has 8 heteroatoms. The number of carbonyl (C=O) groups is 1. The lowest BCUT2D eigenvalue weighted by Crippen LogP contribution is -2.36. The highest BCUT2D eigenvalue weighted by molar-refractivity contribution is 7.89. The molecule has 5 rings (SSSR count). The standard InChI is InChI=1S/C23H20FN3O3S/c24-21-20(31(25,29)30)7-6-14-8-10-27(22(14)21)23(28)18-11-15-4-5-16(12-17(15)13-18)19-3-1-2-9-26-19/h1-7,9,12,18H,8,10-11,13H2,(H2,25,29,30). The van der Waals surface area contributed by atoms with E-state index in [1.54, 1.807) is 6.20 Å². The van der Waals surface area contributed by atoms with Crippen LogP contribution in [0.25, 0.3) is 11.3 Å². The highest BCUT2D eigenvalue weighted by atomic mass is 32.2. The van der Waals surface area contributed by atoms with Gasteiger partial charge in [-0.3, -0.25) is 9.78 Å². The Bertz CT molecular complexity index is 1310. The molecule has 31 heavy (non-hydrogen) atoms. The van der Waals surface area contributed by atoms with Gasteiger partial charge in [-0.15, -0.1) is 0 Å². The van der Waals surface area contributed by atoms with Crippen LogP contribution in [-0.4, -0.2) is 25.9 Å². The number of halogens is 1. The van der Waals surface area contributed by atoms with Crippen molar-refractivity contribution in [2.45, 2.75) is 24.2 Å². The number of nitrogens with two attached hydrogens (primary N) is 1. The lowest BCUT2D eigenvalue weighted by molar-refractivity contribution is -0.122. The molecule has 2 aliphatic rings. The van der Waals surface area contributed by atoms with Crippen molar-refractivity contribution >= 4 is 21.6 Å². The number of sulfonamides is 1. The first-order valence-corrected chi connectivity index (χ1v) is 11.6. The molecule has 2 heterocycles. The van der Waals surface area contributed by atoms with Crippen molar-refractivity contribution in [1.82, 2.24) is 4.98 Å². The number of rotatable bonds is 3. The first kappa shape index (κ1) is 19.8. The van der Waals surface area contributed by atoms with Crippen LogP contribution in [0.4, 0.5) is 10.1 Å². The summed E-state index contributed by atoms with van der Waals surface area (Å²) in [4.78, 5) is 18.5. The Morgan fingerprint density at radius 3 is 2.58 bits per heavy atom. The molecule has 2 N–H and O–H groups in total. The van der Waals surface area contributed by atoms with Crippen LogP contribution >= 0.6 is 0 Å². The number of aromatic nitrogens is 1. The Labute approximate surface area is 179 Å². The molecule has 0 bridgehead atoms. The van der Waals surface area contributed by atoms with Crippen molar-refractivity contribution in [3.63, 3.8) is 0 Å². The number of hydrogen-bond donors (Lipinski definition) is 1. The molecule has 6 nitrogen and oxygen atoms in total. The van der Waals surface area contributed by atoms with E-state index in [1.807, 2.05) is 30.3 Å². The third kappa shape index (κ3) is 3.41. The molecule has 0 saturated heterocycles. The fraction of sp³-hybridized carbons (Fsp3) is 0.217. The molecule has 1 aliphatic carbocycles. The molecule has 2 aromatic carbocycles. The van der Waals surface area contributed by atoms with E-state index in [2.05, 4.69) is 11.1 Å². The van der Waals surface area contributed by atoms with Gasteiger partial charge in [0.15, 0.2) is 5.82 Å². The van der Waals surface area contributed by atoms with E-state index in [9.17, 15) is 13.2 Å². The number of amides is 1. The fourth-order valence-corrected chi connectivity index (χ4v) is 5.17. The highest BCUT2D eigenvalue weighted by Crippen LogP contribution is 2.38. The largest absolute Gasteiger partial charge is 0.309 e. The molecule has 0 saturated carbocycles. The average Bonchev–Trinajstić information content (AvgIpc) is 3.37. The minimum absolute atomic E-state index is 0.0432. The zero-order valence-corrected chi connectivity index (χ0v) is 17.4.